The van der Waals surface area contributed by atoms with Crippen molar-refractivity contribution in [2.45, 2.75) is 85.0 Å². The van der Waals surface area contributed by atoms with Crippen molar-refractivity contribution < 1.29 is 29.7 Å². The Bertz CT molecular complexity index is 689. The van der Waals surface area contributed by atoms with Crippen LogP contribution in [-0.2, 0) is 14.4 Å². The van der Waals surface area contributed by atoms with Gasteiger partial charge in [-0.2, -0.15) is 0 Å². The van der Waals surface area contributed by atoms with Crippen molar-refractivity contribution in [3.8, 4) is 0 Å². The molecule has 0 aromatic heterocycles. The topological polar surface area (TPSA) is 120 Å². The van der Waals surface area contributed by atoms with E-state index in [2.05, 4.69) is 13.8 Å². The average molecular weight is 420 g/mol. The van der Waals surface area contributed by atoms with Crippen molar-refractivity contribution in [1.82, 2.24) is 0 Å². The van der Waals surface area contributed by atoms with Gasteiger partial charge in [0.2, 0.25) is 0 Å². The standard InChI is InChI=1S/C24H38O6/c1-14(7-10-19(25)26)15-8-9-16-20(22(29)30)17(11-13-24(15,16)3)23(2)12-5-4-6-18(23)21(27)28/h14-18,20H,4-13H2,1-3H3,(H,25,26)(H,27,28)(H,29,30)/p-3/t14-,15-,16-,17-,18-,20+,23+,24+/m0/s1. The molecular formula is C24H35O6-3. The van der Waals surface area contributed by atoms with E-state index in [0.29, 0.717) is 19.3 Å². The maximum atomic E-state index is 12.4. The number of carbonyl (C=O) groups excluding carboxylic acids is 3. The molecular weight excluding hydrogens is 384 g/mol. The highest BCUT2D eigenvalue weighted by Gasteiger charge is 2.59. The third-order valence-corrected chi connectivity index (χ3v) is 9.49. The fourth-order valence-electron chi connectivity index (χ4n) is 7.92. The lowest BCUT2D eigenvalue weighted by atomic mass is 9.48. The fraction of sp³-hybridized carbons (Fsp3) is 0.875. The number of hydrogen-bond acceptors (Lipinski definition) is 6. The van der Waals surface area contributed by atoms with Crippen molar-refractivity contribution >= 4 is 17.9 Å². The minimum absolute atomic E-state index is 0.0241. The highest BCUT2D eigenvalue weighted by Crippen LogP contribution is 2.65. The zero-order chi connectivity index (χ0) is 22.3. The molecule has 6 heteroatoms. The second-order valence-electron chi connectivity index (χ2n) is 10.8. The lowest BCUT2D eigenvalue weighted by Gasteiger charge is -2.57. The summed E-state index contributed by atoms with van der Waals surface area (Å²) in [5.41, 5.74) is -0.767. The molecule has 0 spiro atoms. The molecule has 0 aliphatic heterocycles. The molecule has 3 rings (SSSR count). The normalized spacial score (nSPS) is 42.3. The van der Waals surface area contributed by atoms with Crippen LogP contribution in [0.15, 0.2) is 0 Å². The average Bonchev–Trinajstić information content (AvgIpc) is 3.02. The van der Waals surface area contributed by atoms with Crippen LogP contribution in [0, 0.1) is 46.3 Å². The van der Waals surface area contributed by atoms with Gasteiger partial charge in [-0.1, -0.05) is 33.6 Å². The van der Waals surface area contributed by atoms with Gasteiger partial charge in [0.25, 0.3) is 0 Å². The van der Waals surface area contributed by atoms with Crippen molar-refractivity contribution in [3.05, 3.63) is 0 Å². The number of carboxylic acid groups (broad SMARTS) is 3. The molecule has 3 aliphatic carbocycles. The second-order valence-corrected chi connectivity index (χ2v) is 10.8. The Hall–Kier alpha value is -1.59. The van der Waals surface area contributed by atoms with Crippen LogP contribution >= 0.6 is 0 Å². The Kier molecular flexibility index (Phi) is 6.54. The van der Waals surface area contributed by atoms with E-state index in [1.54, 1.807) is 0 Å². The van der Waals surface area contributed by atoms with Crippen LogP contribution in [0.3, 0.4) is 0 Å². The predicted molar refractivity (Wildman–Crippen MR) is 104 cm³/mol. The van der Waals surface area contributed by atoms with Gasteiger partial charge >= 0.3 is 0 Å². The number of aliphatic carboxylic acids is 3. The summed E-state index contributed by atoms with van der Waals surface area (Å²) in [4.78, 5) is 35.3. The first-order chi connectivity index (χ1) is 14.0. The molecule has 0 saturated heterocycles. The monoisotopic (exact) mass is 419 g/mol. The molecule has 3 saturated carbocycles. The van der Waals surface area contributed by atoms with Crippen molar-refractivity contribution in [2.24, 2.45) is 46.3 Å². The summed E-state index contributed by atoms with van der Waals surface area (Å²) < 4.78 is 0. The van der Waals surface area contributed by atoms with Gasteiger partial charge < -0.3 is 29.7 Å². The molecule has 3 fully saturated rings. The molecule has 0 bridgehead atoms. The summed E-state index contributed by atoms with van der Waals surface area (Å²) in [6.45, 7) is 6.19. The van der Waals surface area contributed by atoms with E-state index in [0.717, 1.165) is 38.5 Å². The van der Waals surface area contributed by atoms with Gasteiger partial charge in [0, 0.05) is 29.7 Å². The van der Waals surface area contributed by atoms with E-state index in [-0.39, 0.29) is 35.5 Å². The van der Waals surface area contributed by atoms with Crippen LogP contribution in [0.5, 0.6) is 0 Å². The van der Waals surface area contributed by atoms with E-state index < -0.39 is 35.2 Å². The number of rotatable bonds is 7. The van der Waals surface area contributed by atoms with Crippen molar-refractivity contribution in [1.29, 1.82) is 0 Å². The van der Waals surface area contributed by atoms with Crippen LogP contribution in [0.25, 0.3) is 0 Å². The summed E-state index contributed by atoms with van der Waals surface area (Å²) in [5.74, 6) is -4.26. The predicted octanol–water partition coefficient (Wildman–Crippen LogP) is 0.908. The third kappa shape index (κ3) is 3.87. The lowest BCUT2D eigenvalue weighted by molar-refractivity contribution is -0.327. The summed E-state index contributed by atoms with van der Waals surface area (Å²) in [6, 6.07) is 0. The highest BCUT2D eigenvalue weighted by molar-refractivity contribution is 5.71. The molecule has 170 valence electrons. The Morgan fingerprint density at radius 1 is 0.867 bits per heavy atom. The molecule has 0 amide bonds. The smallest absolute Gasteiger partial charge is 0.0451 e. The van der Waals surface area contributed by atoms with E-state index in [1.165, 1.54) is 0 Å². The fourth-order valence-corrected chi connectivity index (χ4v) is 7.92. The van der Waals surface area contributed by atoms with Crippen LogP contribution in [0.4, 0.5) is 0 Å². The van der Waals surface area contributed by atoms with E-state index >= 15 is 0 Å². The lowest BCUT2D eigenvalue weighted by Crippen LogP contribution is -2.57. The third-order valence-electron chi connectivity index (χ3n) is 9.49. The van der Waals surface area contributed by atoms with Crippen LogP contribution in [0.2, 0.25) is 0 Å². The zero-order valence-electron chi connectivity index (χ0n) is 18.5. The van der Waals surface area contributed by atoms with Crippen LogP contribution in [0.1, 0.15) is 85.0 Å². The molecule has 0 N–H and O–H groups in total. The van der Waals surface area contributed by atoms with Crippen LogP contribution < -0.4 is 15.3 Å². The van der Waals surface area contributed by atoms with Gasteiger partial charge in [0.05, 0.1) is 0 Å². The summed E-state index contributed by atoms with van der Waals surface area (Å²) in [7, 11) is 0. The molecule has 30 heavy (non-hydrogen) atoms. The molecule has 8 atom stereocenters. The Morgan fingerprint density at radius 3 is 2.13 bits per heavy atom. The molecule has 6 nitrogen and oxygen atoms in total. The summed E-state index contributed by atoms with van der Waals surface area (Å²) in [6.07, 6.45) is 6.78. The highest BCUT2D eigenvalue weighted by atomic mass is 16.4. The largest absolute Gasteiger partial charge is 0.550 e. The van der Waals surface area contributed by atoms with Gasteiger partial charge in [-0.25, -0.2) is 0 Å². The van der Waals surface area contributed by atoms with E-state index in [9.17, 15) is 29.7 Å². The first kappa shape index (κ1) is 23.1. The first-order valence-corrected chi connectivity index (χ1v) is 11.6. The van der Waals surface area contributed by atoms with Gasteiger partial charge in [-0.3, -0.25) is 0 Å². The van der Waals surface area contributed by atoms with Gasteiger partial charge in [-0.05, 0) is 85.9 Å². The molecule has 0 radical (unpaired) electrons. The number of fused-ring (bicyclic) bond motifs is 1. The second kappa shape index (κ2) is 8.51. The van der Waals surface area contributed by atoms with Crippen molar-refractivity contribution in [3.63, 3.8) is 0 Å². The first-order valence-electron chi connectivity index (χ1n) is 11.6. The van der Waals surface area contributed by atoms with E-state index in [4.69, 9.17) is 0 Å². The quantitative estimate of drug-likeness (QED) is 0.605. The maximum Gasteiger partial charge on any atom is 0.0451 e. The van der Waals surface area contributed by atoms with Crippen molar-refractivity contribution in [2.75, 3.05) is 0 Å². The van der Waals surface area contributed by atoms with Gasteiger partial charge in [0.1, 0.15) is 0 Å². The molecule has 0 heterocycles. The Balaban J connectivity index is 1.88. The molecule has 0 aromatic rings. The number of carbonyl (C=O) groups is 3. The molecule has 0 aromatic carbocycles. The SMILES string of the molecule is C[C@@H](CCC(=O)[O-])[C@@H]1CC[C@H]2[C@@H](C(=O)[O-])[C@@H]([C@@]3(C)CCCC[C@H]3C(=O)[O-])CC[C@@]21C. The van der Waals surface area contributed by atoms with Gasteiger partial charge in [-0.15, -0.1) is 0 Å². The number of hydrogen-bond donors (Lipinski definition) is 0. The molecule has 0 unspecified atom stereocenters. The summed E-state index contributed by atoms with van der Waals surface area (Å²) >= 11 is 0. The Labute approximate surface area is 179 Å². The Morgan fingerprint density at radius 2 is 1.53 bits per heavy atom. The number of carboxylic acids is 3. The minimum Gasteiger partial charge on any atom is -0.550 e. The van der Waals surface area contributed by atoms with Gasteiger partial charge in [0.15, 0.2) is 0 Å². The van der Waals surface area contributed by atoms with E-state index in [1.807, 2.05) is 6.92 Å². The van der Waals surface area contributed by atoms with Crippen LogP contribution in [-0.4, -0.2) is 17.9 Å². The minimum atomic E-state index is -1.05. The molecule has 3 aliphatic rings. The summed E-state index contributed by atoms with van der Waals surface area (Å²) in [5, 5.41) is 35.3. The maximum absolute atomic E-state index is 12.4. The zero-order valence-corrected chi connectivity index (χ0v) is 18.5.